The monoisotopic (exact) mass is 479 g/mol. The SMILES string of the molecule is C[C@@H](Oc1cc(-c2ccnc(N3CCOCC3)c2F)cnc1N)c1cc(F)ccc1-n1nccn1. The second kappa shape index (κ2) is 9.63. The molecule has 180 valence electrons. The van der Waals surface area contributed by atoms with Crippen molar-refractivity contribution in [2.24, 2.45) is 0 Å². The lowest BCUT2D eigenvalue weighted by molar-refractivity contribution is 0.122. The number of nitrogens with two attached hydrogens (primary N) is 1. The third-order valence-corrected chi connectivity index (χ3v) is 5.74. The highest BCUT2D eigenvalue weighted by Crippen LogP contribution is 2.34. The van der Waals surface area contributed by atoms with E-state index in [4.69, 9.17) is 15.2 Å². The van der Waals surface area contributed by atoms with Crippen LogP contribution in [0.3, 0.4) is 0 Å². The van der Waals surface area contributed by atoms with Gasteiger partial charge in [0.1, 0.15) is 11.9 Å². The summed E-state index contributed by atoms with van der Waals surface area (Å²) in [6.45, 7) is 3.89. The van der Waals surface area contributed by atoms with Crippen LogP contribution >= 0.6 is 0 Å². The van der Waals surface area contributed by atoms with E-state index in [0.717, 1.165) is 0 Å². The van der Waals surface area contributed by atoms with Crippen LogP contribution in [0.25, 0.3) is 16.8 Å². The first-order valence-electron chi connectivity index (χ1n) is 11.1. The predicted molar refractivity (Wildman–Crippen MR) is 125 cm³/mol. The summed E-state index contributed by atoms with van der Waals surface area (Å²) in [4.78, 5) is 11.7. The van der Waals surface area contributed by atoms with Gasteiger partial charge in [-0.05, 0) is 37.3 Å². The van der Waals surface area contributed by atoms with E-state index in [0.29, 0.717) is 48.7 Å². The number of rotatable bonds is 6. The Kier molecular flexibility index (Phi) is 6.23. The molecular weight excluding hydrogens is 456 g/mol. The average molecular weight is 479 g/mol. The van der Waals surface area contributed by atoms with Crippen LogP contribution in [0.1, 0.15) is 18.6 Å². The number of hydrogen-bond acceptors (Lipinski definition) is 8. The van der Waals surface area contributed by atoms with Crippen LogP contribution in [0.5, 0.6) is 5.75 Å². The minimum atomic E-state index is -0.641. The van der Waals surface area contributed by atoms with Gasteiger partial charge in [-0.3, -0.25) is 0 Å². The van der Waals surface area contributed by atoms with Gasteiger partial charge in [0.25, 0.3) is 0 Å². The van der Waals surface area contributed by atoms with E-state index < -0.39 is 17.7 Å². The van der Waals surface area contributed by atoms with Crippen molar-refractivity contribution < 1.29 is 18.3 Å². The molecular formula is C24H23F2N7O2. The molecule has 1 saturated heterocycles. The smallest absolute Gasteiger partial charge is 0.173 e. The summed E-state index contributed by atoms with van der Waals surface area (Å²) in [6.07, 6.45) is 5.45. The molecule has 0 unspecified atom stereocenters. The van der Waals surface area contributed by atoms with E-state index in [-0.39, 0.29) is 17.4 Å². The molecule has 2 N–H and O–H groups in total. The van der Waals surface area contributed by atoms with E-state index in [1.54, 1.807) is 31.3 Å². The molecule has 35 heavy (non-hydrogen) atoms. The number of benzene rings is 1. The Morgan fingerprint density at radius 3 is 2.57 bits per heavy atom. The van der Waals surface area contributed by atoms with E-state index in [9.17, 15) is 4.39 Å². The molecule has 1 aromatic carbocycles. The average Bonchev–Trinajstić information content (AvgIpc) is 3.41. The maximum absolute atomic E-state index is 15.5. The molecule has 0 amide bonds. The van der Waals surface area contributed by atoms with Gasteiger partial charge in [-0.15, -0.1) is 0 Å². The minimum absolute atomic E-state index is 0.124. The molecule has 1 aliphatic rings. The molecule has 0 aliphatic carbocycles. The van der Waals surface area contributed by atoms with Gasteiger partial charge in [-0.25, -0.2) is 18.7 Å². The van der Waals surface area contributed by atoms with Crippen molar-refractivity contribution in [2.75, 3.05) is 36.9 Å². The first kappa shape index (κ1) is 22.7. The highest BCUT2D eigenvalue weighted by Gasteiger charge is 2.21. The van der Waals surface area contributed by atoms with Crippen LogP contribution in [0.2, 0.25) is 0 Å². The Bertz CT molecular complexity index is 1330. The van der Waals surface area contributed by atoms with E-state index in [1.807, 2.05) is 4.90 Å². The first-order valence-corrected chi connectivity index (χ1v) is 11.1. The molecule has 0 saturated carbocycles. The molecule has 9 nitrogen and oxygen atoms in total. The van der Waals surface area contributed by atoms with Gasteiger partial charge in [0.05, 0.1) is 31.3 Å². The zero-order valence-corrected chi connectivity index (χ0v) is 18.9. The van der Waals surface area contributed by atoms with Crippen molar-refractivity contribution in [3.63, 3.8) is 0 Å². The van der Waals surface area contributed by atoms with Crippen molar-refractivity contribution in [3.8, 4) is 22.6 Å². The van der Waals surface area contributed by atoms with Crippen molar-refractivity contribution in [2.45, 2.75) is 13.0 Å². The summed E-state index contributed by atoms with van der Waals surface area (Å²) in [6, 6.07) is 7.44. The Hall–Kier alpha value is -4.12. The quantitative estimate of drug-likeness (QED) is 0.448. The molecule has 0 spiro atoms. The van der Waals surface area contributed by atoms with Crippen molar-refractivity contribution in [1.82, 2.24) is 25.0 Å². The van der Waals surface area contributed by atoms with Gasteiger partial charge < -0.3 is 20.1 Å². The number of morpholine rings is 1. The van der Waals surface area contributed by atoms with Crippen LogP contribution in [0, 0.1) is 11.6 Å². The van der Waals surface area contributed by atoms with Crippen LogP contribution in [-0.4, -0.2) is 51.3 Å². The van der Waals surface area contributed by atoms with Crippen molar-refractivity contribution in [3.05, 3.63) is 72.3 Å². The zero-order valence-electron chi connectivity index (χ0n) is 18.9. The molecule has 4 heterocycles. The summed E-state index contributed by atoms with van der Waals surface area (Å²) in [5.41, 5.74) is 7.93. The van der Waals surface area contributed by atoms with Crippen molar-refractivity contribution in [1.29, 1.82) is 0 Å². The van der Waals surface area contributed by atoms with Crippen LogP contribution in [-0.2, 0) is 4.74 Å². The summed E-state index contributed by atoms with van der Waals surface area (Å²) in [5.74, 6) is -0.270. The van der Waals surface area contributed by atoms with E-state index >= 15 is 4.39 Å². The fraction of sp³-hybridized carbons (Fsp3) is 0.250. The standard InChI is InChI=1S/C24H23F2N7O2/c1-15(19-13-17(25)2-3-20(19)33-30-6-7-31-33)35-21-12-16(14-29-23(21)27)18-4-5-28-24(22(18)26)32-8-10-34-11-9-32/h2-7,12-15H,8-11H2,1H3,(H2,27,29)/t15-/m1/s1. The number of pyridine rings is 2. The van der Waals surface area contributed by atoms with Gasteiger partial charge in [-0.2, -0.15) is 15.0 Å². The summed E-state index contributed by atoms with van der Waals surface area (Å²) in [7, 11) is 0. The maximum Gasteiger partial charge on any atom is 0.173 e. The third-order valence-electron chi connectivity index (χ3n) is 5.74. The first-order chi connectivity index (χ1) is 17.0. The van der Waals surface area contributed by atoms with Gasteiger partial charge in [0.15, 0.2) is 23.2 Å². The topological polar surface area (TPSA) is 104 Å². The van der Waals surface area contributed by atoms with Gasteiger partial charge in [0.2, 0.25) is 0 Å². The number of halogens is 2. The normalized spacial score (nSPS) is 14.7. The number of nitrogen functional groups attached to an aromatic ring is 1. The lowest BCUT2D eigenvalue weighted by Gasteiger charge is -2.28. The number of ether oxygens (including phenoxy) is 2. The Morgan fingerprint density at radius 1 is 1.03 bits per heavy atom. The molecule has 0 bridgehead atoms. The number of nitrogens with zero attached hydrogens (tertiary/aromatic N) is 6. The molecule has 0 radical (unpaired) electrons. The Balaban J connectivity index is 1.46. The highest BCUT2D eigenvalue weighted by atomic mass is 19.1. The second-order valence-corrected chi connectivity index (χ2v) is 7.98. The molecule has 1 aliphatic heterocycles. The molecule has 1 fully saturated rings. The van der Waals surface area contributed by atoms with Crippen LogP contribution in [0.15, 0.2) is 55.1 Å². The van der Waals surface area contributed by atoms with Gasteiger partial charge in [-0.1, -0.05) is 0 Å². The molecule has 5 rings (SSSR count). The number of anilines is 2. The zero-order chi connectivity index (χ0) is 24.4. The van der Waals surface area contributed by atoms with E-state index in [2.05, 4.69) is 20.2 Å². The fourth-order valence-corrected chi connectivity index (χ4v) is 3.98. The fourth-order valence-electron chi connectivity index (χ4n) is 3.98. The summed E-state index contributed by atoms with van der Waals surface area (Å²) < 4.78 is 41.0. The summed E-state index contributed by atoms with van der Waals surface area (Å²) >= 11 is 0. The van der Waals surface area contributed by atoms with Crippen molar-refractivity contribution >= 4 is 11.6 Å². The van der Waals surface area contributed by atoms with E-state index in [1.165, 1.54) is 35.5 Å². The predicted octanol–water partition coefficient (Wildman–Crippen LogP) is 3.56. The van der Waals surface area contributed by atoms with Gasteiger partial charge in [0, 0.05) is 42.2 Å². The number of hydrogen-bond donors (Lipinski definition) is 1. The van der Waals surface area contributed by atoms with Crippen LogP contribution < -0.4 is 15.4 Å². The third kappa shape index (κ3) is 4.62. The molecule has 4 aromatic rings. The van der Waals surface area contributed by atoms with Gasteiger partial charge >= 0.3 is 0 Å². The molecule has 3 aromatic heterocycles. The van der Waals surface area contributed by atoms with Crippen LogP contribution in [0.4, 0.5) is 20.4 Å². The Labute approximate surface area is 200 Å². The lowest BCUT2D eigenvalue weighted by atomic mass is 10.1. The lowest BCUT2D eigenvalue weighted by Crippen LogP contribution is -2.37. The largest absolute Gasteiger partial charge is 0.482 e. The Morgan fingerprint density at radius 2 is 1.80 bits per heavy atom. The maximum atomic E-state index is 15.5. The molecule has 1 atom stereocenters. The minimum Gasteiger partial charge on any atom is -0.482 e. The second-order valence-electron chi connectivity index (χ2n) is 7.98. The number of aromatic nitrogens is 5. The summed E-state index contributed by atoms with van der Waals surface area (Å²) in [5, 5.41) is 8.25. The molecule has 11 heteroatoms. The highest BCUT2D eigenvalue weighted by molar-refractivity contribution is 5.70.